The Morgan fingerprint density at radius 1 is 1.07 bits per heavy atom. The van der Waals surface area contributed by atoms with Crippen LogP contribution in [-0.4, -0.2) is 51.2 Å². The van der Waals surface area contributed by atoms with Gasteiger partial charge in [0.15, 0.2) is 11.8 Å². The number of rotatable bonds is 5. The summed E-state index contributed by atoms with van der Waals surface area (Å²) in [5.41, 5.74) is 3.26. The molecular formula is C30H29Cl2N5O4. The van der Waals surface area contributed by atoms with Crippen molar-refractivity contribution in [1.82, 2.24) is 19.7 Å². The molecule has 5 rings (SSSR count). The molecule has 9 nitrogen and oxygen atoms in total. The maximum atomic E-state index is 14.1. The molecule has 2 amide bonds. The zero-order chi connectivity index (χ0) is 29.6. The van der Waals surface area contributed by atoms with E-state index < -0.39 is 11.6 Å². The second-order valence-corrected chi connectivity index (χ2v) is 11.6. The lowest BCUT2D eigenvalue weighted by Gasteiger charge is -2.32. The number of nitrogens with one attached hydrogen (secondary N) is 1. The number of nitrogens with zero attached hydrogens (tertiary/aromatic N) is 4. The number of aromatic nitrogens is 3. The molecule has 0 spiro atoms. The maximum absolute atomic E-state index is 14.1. The van der Waals surface area contributed by atoms with Crippen LogP contribution in [0.4, 0.5) is 5.69 Å². The third-order valence-corrected chi connectivity index (χ3v) is 7.30. The Kier molecular flexibility index (Phi) is 7.44. The van der Waals surface area contributed by atoms with Crippen LogP contribution in [-0.2, 0) is 4.79 Å². The maximum Gasteiger partial charge on any atom is 0.275 e. The number of carbonyl (C=O) groups is 2. The molecular weight excluding hydrogens is 565 g/mol. The number of ether oxygens (including phenoxy) is 2. The number of halogens is 2. The molecule has 0 saturated heterocycles. The molecule has 2 aromatic heterocycles. The third-order valence-electron chi connectivity index (χ3n) is 6.86. The van der Waals surface area contributed by atoms with Crippen molar-refractivity contribution in [2.75, 3.05) is 19.5 Å². The summed E-state index contributed by atoms with van der Waals surface area (Å²) in [4.78, 5) is 31.9. The summed E-state index contributed by atoms with van der Waals surface area (Å²) in [7, 11) is 3.31. The molecule has 11 heteroatoms. The molecule has 41 heavy (non-hydrogen) atoms. The van der Waals surface area contributed by atoms with E-state index in [1.165, 1.54) is 6.92 Å². The van der Waals surface area contributed by atoms with Gasteiger partial charge in [-0.05, 0) is 57.2 Å². The number of pyridine rings is 1. The molecule has 3 heterocycles. The van der Waals surface area contributed by atoms with Crippen LogP contribution < -0.4 is 14.8 Å². The van der Waals surface area contributed by atoms with Gasteiger partial charge in [0, 0.05) is 52.9 Å². The van der Waals surface area contributed by atoms with Gasteiger partial charge in [0.25, 0.3) is 5.91 Å². The van der Waals surface area contributed by atoms with Crippen molar-refractivity contribution >= 4 is 40.7 Å². The second-order valence-electron chi connectivity index (χ2n) is 10.7. The number of benzene rings is 2. The van der Waals surface area contributed by atoms with E-state index >= 15 is 0 Å². The van der Waals surface area contributed by atoms with Gasteiger partial charge in [-0.3, -0.25) is 14.6 Å². The SMILES string of the molecule is COc1ccc2c(c1)OC(c1cncc(NC(C)=O)c1)c1c(C(=O)N(C)C(C)(C)C)nn(-c3cc(Cl)cc(Cl)c3)c1-2. The van der Waals surface area contributed by atoms with Gasteiger partial charge in [-0.2, -0.15) is 5.10 Å². The van der Waals surface area contributed by atoms with Gasteiger partial charge in [0.2, 0.25) is 5.91 Å². The van der Waals surface area contributed by atoms with E-state index in [0.29, 0.717) is 55.3 Å². The van der Waals surface area contributed by atoms with Crippen LogP contribution in [0.3, 0.4) is 0 Å². The van der Waals surface area contributed by atoms with Crippen molar-refractivity contribution in [2.24, 2.45) is 0 Å². The van der Waals surface area contributed by atoms with Gasteiger partial charge in [-0.1, -0.05) is 23.2 Å². The monoisotopic (exact) mass is 593 g/mol. The van der Waals surface area contributed by atoms with E-state index in [-0.39, 0.29) is 17.5 Å². The first-order valence-electron chi connectivity index (χ1n) is 12.8. The zero-order valence-electron chi connectivity index (χ0n) is 23.5. The second kappa shape index (κ2) is 10.7. The molecule has 1 aliphatic heterocycles. The summed E-state index contributed by atoms with van der Waals surface area (Å²) in [6, 6.07) is 12.3. The predicted molar refractivity (Wildman–Crippen MR) is 158 cm³/mol. The van der Waals surface area contributed by atoms with Crippen molar-refractivity contribution in [3.05, 3.63) is 81.7 Å². The van der Waals surface area contributed by atoms with Crippen LogP contribution >= 0.6 is 23.2 Å². The fourth-order valence-electron chi connectivity index (χ4n) is 4.62. The number of hydrogen-bond donors (Lipinski definition) is 1. The van der Waals surface area contributed by atoms with Crippen molar-refractivity contribution in [2.45, 2.75) is 39.3 Å². The van der Waals surface area contributed by atoms with E-state index in [1.54, 1.807) is 66.5 Å². The zero-order valence-corrected chi connectivity index (χ0v) is 25.0. The minimum atomic E-state index is -0.804. The minimum absolute atomic E-state index is 0.199. The van der Waals surface area contributed by atoms with Gasteiger partial charge >= 0.3 is 0 Å². The fourth-order valence-corrected chi connectivity index (χ4v) is 5.14. The topological polar surface area (TPSA) is 98.6 Å². The van der Waals surface area contributed by atoms with Crippen LogP contribution in [0.25, 0.3) is 16.9 Å². The highest BCUT2D eigenvalue weighted by Crippen LogP contribution is 2.48. The number of methoxy groups -OCH3 is 1. The number of carbonyl (C=O) groups excluding carboxylic acids is 2. The molecule has 1 atom stereocenters. The summed E-state index contributed by atoms with van der Waals surface area (Å²) in [6.45, 7) is 7.26. The van der Waals surface area contributed by atoms with Crippen molar-refractivity contribution in [3.63, 3.8) is 0 Å². The lowest BCUT2D eigenvalue weighted by molar-refractivity contribution is -0.114. The average molecular weight is 594 g/mol. The Balaban J connectivity index is 1.84. The van der Waals surface area contributed by atoms with Gasteiger partial charge in [0.1, 0.15) is 11.5 Å². The van der Waals surface area contributed by atoms with Crippen molar-refractivity contribution < 1.29 is 19.1 Å². The largest absolute Gasteiger partial charge is 0.497 e. The Morgan fingerprint density at radius 2 is 1.78 bits per heavy atom. The number of amides is 2. The molecule has 0 fully saturated rings. The highest BCUT2D eigenvalue weighted by molar-refractivity contribution is 6.34. The summed E-state index contributed by atoms with van der Waals surface area (Å²) in [5, 5.41) is 8.47. The molecule has 4 aromatic rings. The highest BCUT2D eigenvalue weighted by atomic mass is 35.5. The van der Waals surface area contributed by atoms with Crippen molar-refractivity contribution in [3.8, 4) is 28.4 Å². The van der Waals surface area contributed by atoms with Crippen LogP contribution in [0.1, 0.15) is 55.4 Å². The van der Waals surface area contributed by atoms with E-state index in [4.69, 9.17) is 37.8 Å². The fraction of sp³-hybridized carbons (Fsp3) is 0.267. The Hall–Kier alpha value is -4.08. The molecule has 1 N–H and O–H groups in total. The average Bonchev–Trinajstić information content (AvgIpc) is 3.31. The molecule has 0 aliphatic carbocycles. The smallest absolute Gasteiger partial charge is 0.275 e. The van der Waals surface area contributed by atoms with E-state index in [9.17, 15) is 9.59 Å². The normalized spacial score (nSPS) is 14.0. The van der Waals surface area contributed by atoms with Gasteiger partial charge < -0.3 is 19.7 Å². The van der Waals surface area contributed by atoms with E-state index in [1.807, 2.05) is 32.9 Å². The molecule has 0 radical (unpaired) electrons. The Morgan fingerprint density at radius 3 is 2.41 bits per heavy atom. The van der Waals surface area contributed by atoms with E-state index in [0.717, 1.165) is 0 Å². The lowest BCUT2D eigenvalue weighted by Crippen LogP contribution is -2.43. The summed E-state index contributed by atoms with van der Waals surface area (Å²) in [6.07, 6.45) is 2.38. The van der Waals surface area contributed by atoms with Crippen LogP contribution in [0.2, 0.25) is 10.0 Å². The van der Waals surface area contributed by atoms with Crippen LogP contribution in [0.15, 0.2) is 54.9 Å². The lowest BCUT2D eigenvalue weighted by atomic mass is 9.92. The standard InChI is InChI=1S/C30H29Cl2N5O4/c1-16(38)34-20-9-17(14-33-15-20)28-25-26(29(39)36(5)30(2,3)4)35-37(21-11-18(31)10-19(32)12-21)27(25)23-8-7-22(40-6)13-24(23)41-28/h7-15,28H,1-6H3,(H,34,38). The number of hydrogen-bond acceptors (Lipinski definition) is 6. The number of anilines is 1. The summed E-state index contributed by atoms with van der Waals surface area (Å²) in [5.74, 6) is 0.579. The first-order chi connectivity index (χ1) is 19.4. The van der Waals surface area contributed by atoms with E-state index in [2.05, 4.69) is 10.3 Å². The summed E-state index contributed by atoms with van der Waals surface area (Å²) < 4.78 is 13.7. The van der Waals surface area contributed by atoms with Gasteiger partial charge in [-0.15, -0.1) is 0 Å². The van der Waals surface area contributed by atoms with Crippen molar-refractivity contribution in [1.29, 1.82) is 0 Å². The molecule has 1 unspecified atom stereocenters. The molecule has 212 valence electrons. The van der Waals surface area contributed by atoms with Crippen LogP contribution in [0.5, 0.6) is 11.5 Å². The first kappa shape index (κ1) is 28.4. The number of fused-ring (bicyclic) bond motifs is 3. The third kappa shape index (κ3) is 5.47. The van der Waals surface area contributed by atoms with Gasteiger partial charge in [0.05, 0.1) is 35.9 Å². The van der Waals surface area contributed by atoms with Crippen LogP contribution in [0, 0.1) is 0 Å². The quantitative estimate of drug-likeness (QED) is 0.281. The highest BCUT2D eigenvalue weighted by Gasteiger charge is 2.39. The van der Waals surface area contributed by atoms with Gasteiger partial charge in [-0.25, -0.2) is 4.68 Å². The molecule has 2 aromatic carbocycles. The molecule has 1 aliphatic rings. The minimum Gasteiger partial charge on any atom is -0.497 e. The predicted octanol–water partition coefficient (Wildman–Crippen LogP) is 6.56. The Labute approximate surface area is 248 Å². The summed E-state index contributed by atoms with van der Waals surface area (Å²) >= 11 is 12.8. The molecule has 0 saturated carbocycles. The molecule has 0 bridgehead atoms. The first-order valence-corrected chi connectivity index (χ1v) is 13.6. The Bertz CT molecular complexity index is 1660.